The molecule has 0 saturated carbocycles. The number of fused-ring (bicyclic) bond motifs is 1. The van der Waals surface area contributed by atoms with Crippen molar-refractivity contribution in [2.45, 2.75) is 6.92 Å². The predicted octanol–water partition coefficient (Wildman–Crippen LogP) is 2.50. The van der Waals surface area contributed by atoms with Crippen LogP contribution in [0.2, 0.25) is 0 Å². The number of carbonyl (C=O) groups is 2. The number of hydrogen-bond acceptors (Lipinski definition) is 4. The van der Waals surface area contributed by atoms with E-state index in [-0.39, 0.29) is 10.7 Å². The molecule has 2 aromatic rings. The minimum Gasteiger partial charge on any atom is -0.496 e. The number of hydrogen-bond donors (Lipinski definition) is 1. The summed E-state index contributed by atoms with van der Waals surface area (Å²) in [5, 5.41) is 4.59. The number of rotatable bonds is 3. The van der Waals surface area contributed by atoms with Gasteiger partial charge in [0.15, 0.2) is 5.11 Å². The normalized spacial score (nSPS) is 16.7. The van der Waals surface area contributed by atoms with Crippen LogP contribution in [0.4, 0.5) is 0 Å². The molecule has 1 aliphatic heterocycles. The Bertz CT molecular complexity index is 889. The van der Waals surface area contributed by atoms with Crippen molar-refractivity contribution in [3.05, 3.63) is 47.5 Å². The zero-order valence-electron chi connectivity index (χ0n) is 13.3. The van der Waals surface area contributed by atoms with E-state index in [1.807, 2.05) is 36.4 Å². The maximum absolute atomic E-state index is 12.6. The summed E-state index contributed by atoms with van der Waals surface area (Å²) >= 11 is 5.04. The monoisotopic (exact) mass is 340 g/mol. The molecule has 0 aromatic heterocycles. The van der Waals surface area contributed by atoms with E-state index in [0.717, 1.165) is 10.8 Å². The van der Waals surface area contributed by atoms with Gasteiger partial charge in [0, 0.05) is 12.1 Å². The first-order chi connectivity index (χ1) is 11.6. The molecule has 0 atom stereocenters. The molecule has 0 spiro atoms. The van der Waals surface area contributed by atoms with Crippen LogP contribution in [-0.2, 0) is 9.59 Å². The highest BCUT2D eigenvalue weighted by molar-refractivity contribution is 7.80. The maximum Gasteiger partial charge on any atom is 0.265 e. The number of methoxy groups -OCH3 is 1. The van der Waals surface area contributed by atoms with Crippen molar-refractivity contribution >= 4 is 46.0 Å². The fraction of sp³-hybridized carbons (Fsp3) is 0.167. The highest BCUT2D eigenvalue weighted by Crippen LogP contribution is 2.30. The highest BCUT2D eigenvalue weighted by atomic mass is 32.1. The van der Waals surface area contributed by atoms with Gasteiger partial charge in [-0.3, -0.25) is 19.8 Å². The number of benzene rings is 2. The number of nitrogens with zero attached hydrogens (tertiary/aromatic N) is 1. The summed E-state index contributed by atoms with van der Waals surface area (Å²) in [6.45, 7) is 2.19. The number of nitrogens with one attached hydrogen (secondary N) is 1. The van der Waals surface area contributed by atoms with E-state index in [9.17, 15) is 9.59 Å². The quantitative estimate of drug-likeness (QED) is 0.530. The van der Waals surface area contributed by atoms with Crippen LogP contribution in [0.1, 0.15) is 12.5 Å². The van der Waals surface area contributed by atoms with Crippen LogP contribution >= 0.6 is 12.2 Å². The molecular formula is C18H16N2O3S. The Balaban J connectivity index is 2.20. The van der Waals surface area contributed by atoms with Crippen molar-refractivity contribution in [1.29, 1.82) is 0 Å². The molecule has 1 fully saturated rings. The Morgan fingerprint density at radius 2 is 1.96 bits per heavy atom. The lowest BCUT2D eigenvalue weighted by Crippen LogP contribution is -2.53. The standard InChI is InChI=1S/C18H16N2O3S/c1-3-20-17(22)14(16(21)19-18(20)24)10-13-12-7-5-4-6-11(12)8-9-15(13)23-2/h4-10H,3H2,1-2H3,(H,19,21,24)/b14-10-. The molecule has 0 unspecified atom stereocenters. The molecule has 1 aliphatic rings. The van der Waals surface area contributed by atoms with E-state index in [1.165, 1.54) is 4.90 Å². The number of ether oxygens (including phenoxy) is 1. The summed E-state index contributed by atoms with van der Waals surface area (Å²) in [6.07, 6.45) is 1.57. The molecule has 1 saturated heterocycles. The Kier molecular flexibility index (Phi) is 4.31. The van der Waals surface area contributed by atoms with Gasteiger partial charge in [0.25, 0.3) is 11.8 Å². The fourth-order valence-corrected chi connectivity index (χ4v) is 3.03. The molecule has 0 aliphatic carbocycles. The van der Waals surface area contributed by atoms with Crippen LogP contribution in [0.5, 0.6) is 5.75 Å². The van der Waals surface area contributed by atoms with E-state index in [2.05, 4.69) is 5.32 Å². The lowest BCUT2D eigenvalue weighted by Gasteiger charge is -2.27. The molecule has 1 N–H and O–H groups in total. The van der Waals surface area contributed by atoms with Gasteiger partial charge in [-0.15, -0.1) is 0 Å². The molecule has 6 heteroatoms. The number of amides is 2. The topological polar surface area (TPSA) is 58.6 Å². The molecule has 24 heavy (non-hydrogen) atoms. The van der Waals surface area contributed by atoms with Gasteiger partial charge in [0.2, 0.25) is 0 Å². The van der Waals surface area contributed by atoms with Gasteiger partial charge < -0.3 is 4.74 Å². The lowest BCUT2D eigenvalue weighted by molar-refractivity contribution is -0.128. The molecule has 2 aromatic carbocycles. The zero-order valence-corrected chi connectivity index (χ0v) is 14.1. The zero-order chi connectivity index (χ0) is 17.3. The molecule has 0 radical (unpaired) electrons. The van der Waals surface area contributed by atoms with Gasteiger partial charge in [0.05, 0.1) is 7.11 Å². The molecule has 3 rings (SSSR count). The Hall–Kier alpha value is -2.73. The molecule has 1 heterocycles. The number of likely N-dealkylation sites (N-methyl/N-ethyl adjacent to an activating group) is 1. The molecule has 122 valence electrons. The average molecular weight is 340 g/mol. The van der Waals surface area contributed by atoms with Crippen LogP contribution in [-0.4, -0.2) is 35.5 Å². The van der Waals surface area contributed by atoms with Crippen LogP contribution in [0, 0.1) is 0 Å². The number of thiocarbonyl (C=S) groups is 1. The Labute approximate surface area is 144 Å². The van der Waals surface area contributed by atoms with Crippen LogP contribution in [0.25, 0.3) is 16.8 Å². The summed E-state index contributed by atoms with van der Waals surface area (Å²) in [6, 6.07) is 11.5. The summed E-state index contributed by atoms with van der Waals surface area (Å²) in [7, 11) is 1.56. The second-order valence-electron chi connectivity index (χ2n) is 5.27. The third-order valence-electron chi connectivity index (χ3n) is 3.94. The van der Waals surface area contributed by atoms with E-state index in [4.69, 9.17) is 17.0 Å². The maximum atomic E-state index is 12.6. The second kappa shape index (κ2) is 6.41. The van der Waals surface area contributed by atoms with Crippen molar-refractivity contribution < 1.29 is 14.3 Å². The van der Waals surface area contributed by atoms with E-state index >= 15 is 0 Å². The second-order valence-corrected chi connectivity index (χ2v) is 5.66. The van der Waals surface area contributed by atoms with Gasteiger partial charge in [0.1, 0.15) is 11.3 Å². The number of carbonyl (C=O) groups excluding carboxylic acids is 2. The molecular weight excluding hydrogens is 324 g/mol. The van der Waals surface area contributed by atoms with Crippen molar-refractivity contribution in [3.8, 4) is 5.75 Å². The molecule has 5 nitrogen and oxygen atoms in total. The van der Waals surface area contributed by atoms with Crippen molar-refractivity contribution in [2.24, 2.45) is 0 Å². The summed E-state index contributed by atoms with van der Waals surface area (Å²) in [4.78, 5) is 26.2. The minimum atomic E-state index is -0.496. The van der Waals surface area contributed by atoms with Gasteiger partial charge in [-0.05, 0) is 42.1 Å². The third-order valence-corrected chi connectivity index (χ3v) is 4.26. The van der Waals surface area contributed by atoms with Gasteiger partial charge >= 0.3 is 0 Å². The van der Waals surface area contributed by atoms with Crippen LogP contribution in [0.3, 0.4) is 0 Å². The first kappa shape index (κ1) is 16.1. The van der Waals surface area contributed by atoms with E-state index in [1.54, 1.807) is 20.1 Å². The molecule has 0 bridgehead atoms. The van der Waals surface area contributed by atoms with Crippen molar-refractivity contribution in [2.75, 3.05) is 13.7 Å². The summed E-state index contributed by atoms with van der Waals surface area (Å²) < 4.78 is 5.41. The summed E-state index contributed by atoms with van der Waals surface area (Å²) in [5.74, 6) is -0.302. The predicted molar refractivity (Wildman–Crippen MR) is 96.6 cm³/mol. The van der Waals surface area contributed by atoms with E-state index < -0.39 is 11.8 Å². The first-order valence-electron chi connectivity index (χ1n) is 7.51. The Morgan fingerprint density at radius 1 is 1.21 bits per heavy atom. The summed E-state index contributed by atoms with van der Waals surface area (Å²) in [5.41, 5.74) is 0.734. The van der Waals surface area contributed by atoms with Gasteiger partial charge in [-0.1, -0.05) is 30.3 Å². The van der Waals surface area contributed by atoms with Gasteiger partial charge in [-0.25, -0.2) is 0 Å². The minimum absolute atomic E-state index is 0.0418. The first-order valence-corrected chi connectivity index (χ1v) is 7.92. The van der Waals surface area contributed by atoms with E-state index in [0.29, 0.717) is 17.9 Å². The molecule has 2 amide bonds. The van der Waals surface area contributed by atoms with Crippen molar-refractivity contribution in [1.82, 2.24) is 10.2 Å². The highest BCUT2D eigenvalue weighted by Gasteiger charge is 2.32. The smallest absolute Gasteiger partial charge is 0.265 e. The van der Waals surface area contributed by atoms with Crippen LogP contribution < -0.4 is 10.1 Å². The SMILES string of the molecule is CCN1C(=O)/C(=C\c2c(OC)ccc3ccccc23)C(=O)NC1=S. The average Bonchev–Trinajstić information content (AvgIpc) is 2.58. The third kappa shape index (κ3) is 2.65. The largest absolute Gasteiger partial charge is 0.496 e. The van der Waals surface area contributed by atoms with Gasteiger partial charge in [-0.2, -0.15) is 0 Å². The van der Waals surface area contributed by atoms with Crippen LogP contribution in [0.15, 0.2) is 42.0 Å². The lowest BCUT2D eigenvalue weighted by atomic mass is 10.00. The Morgan fingerprint density at radius 3 is 2.67 bits per heavy atom. The fourth-order valence-electron chi connectivity index (χ4n) is 2.73. The van der Waals surface area contributed by atoms with Crippen molar-refractivity contribution in [3.63, 3.8) is 0 Å².